The van der Waals surface area contributed by atoms with Crippen molar-refractivity contribution in [2.24, 2.45) is 5.92 Å². The van der Waals surface area contributed by atoms with Gasteiger partial charge in [0.2, 0.25) is 0 Å². The second-order valence-electron chi connectivity index (χ2n) is 8.25. The average Bonchev–Trinajstić information content (AvgIpc) is 3.21. The maximum absolute atomic E-state index is 13.0. The second-order valence-corrected chi connectivity index (χ2v) is 9.66. The number of alkyl halides is 3. The van der Waals surface area contributed by atoms with Crippen molar-refractivity contribution in [3.05, 3.63) is 53.6 Å². The highest BCUT2D eigenvalue weighted by Gasteiger charge is 2.32. The molecule has 0 amide bonds. The Morgan fingerprint density at radius 2 is 1.84 bits per heavy atom. The van der Waals surface area contributed by atoms with Gasteiger partial charge in [-0.25, -0.2) is 4.21 Å². The monoisotopic (exact) mass is 467 g/mol. The highest BCUT2D eigenvalue weighted by Crippen LogP contribution is 2.35. The first-order chi connectivity index (χ1) is 15.3. The van der Waals surface area contributed by atoms with E-state index in [0.29, 0.717) is 12.5 Å². The van der Waals surface area contributed by atoms with Gasteiger partial charge in [-0.3, -0.25) is 4.31 Å². The van der Waals surface area contributed by atoms with E-state index in [9.17, 15) is 17.4 Å². The van der Waals surface area contributed by atoms with Crippen LogP contribution in [0.2, 0.25) is 0 Å². The Morgan fingerprint density at radius 1 is 1.12 bits per heavy atom. The Hall–Kier alpha value is -2.06. The summed E-state index contributed by atoms with van der Waals surface area (Å²) in [5.74, 6) is 0.661. The third-order valence-corrected chi connectivity index (χ3v) is 6.99. The lowest BCUT2D eigenvalue weighted by atomic mass is 9.98. The molecular formula is C24H32F3N3OS. The molecular weight excluding hydrogens is 435 g/mol. The van der Waals surface area contributed by atoms with E-state index in [4.69, 9.17) is 0 Å². The van der Waals surface area contributed by atoms with Crippen molar-refractivity contribution >= 4 is 22.4 Å². The number of rotatable bonds is 5. The zero-order valence-electron chi connectivity index (χ0n) is 18.7. The number of hydrogen-bond acceptors (Lipinski definition) is 3. The van der Waals surface area contributed by atoms with Crippen molar-refractivity contribution < 1.29 is 17.4 Å². The Kier molecular flexibility index (Phi) is 8.59. The smallest absolute Gasteiger partial charge is 0.385 e. The molecule has 0 aromatic heterocycles. The molecule has 4 nitrogen and oxygen atoms in total. The van der Waals surface area contributed by atoms with Gasteiger partial charge in [-0.2, -0.15) is 13.2 Å². The predicted molar refractivity (Wildman–Crippen MR) is 125 cm³/mol. The minimum Gasteiger partial charge on any atom is -0.385 e. The first kappa shape index (κ1) is 24.6. The van der Waals surface area contributed by atoms with Crippen LogP contribution >= 0.6 is 0 Å². The molecule has 1 fully saturated rings. The third-order valence-electron chi connectivity index (χ3n) is 5.55. The van der Waals surface area contributed by atoms with Crippen LogP contribution in [0.5, 0.6) is 0 Å². The molecule has 32 heavy (non-hydrogen) atoms. The lowest BCUT2D eigenvalue weighted by Gasteiger charge is -2.23. The van der Waals surface area contributed by atoms with E-state index in [1.807, 2.05) is 12.1 Å². The van der Waals surface area contributed by atoms with Gasteiger partial charge in [0.05, 0.1) is 16.1 Å². The SMILES string of the molecule is CCC.O=S(c1cccc(C(F)(F)F)c1)N1CCc2cc(NCC3CCNCC3)ccc21. The number of hydrogen-bond donors (Lipinski definition) is 2. The molecule has 2 aromatic carbocycles. The quantitative estimate of drug-likeness (QED) is 0.600. The summed E-state index contributed by atoms with van der Waals surface area (Å²) in [6.45, 7) is 7.83. The van der Waals surface area contributed by atoms with Crippen molar-refractivity contribution in [3.63, 3.8) is 0 Å². The zero-order chi connectivity index (χ0) is 23.1. The first-order valence-corrected chi connectivity index (χ1v) is 12.4. The molecule has 2 aliphatic rings. The lowest BCUT2D eigenvalue weighted by Crippen LogP contribution is -2.31. The summed E-state index contributed by atoms with van der Waals surface area (Å²) >= 11 is 0. The summed E-state index contributed by atoms with van der Waals surface area (Å²) in [4.78, 5) is 0.167. The molecule has 2 N–H and O–H groups in total. The predicted octanol–water partition coefficient (Wildman–Crippen LogP) is 5.62. The van der Waals surface area contributed by atoms with Crippen LogP contribution in [-0.4, -0.2) is 30.4 Å². The molecule has 0 bridgehead atoms. The second kappa shape index (κ2) is 11.2. The molecule has 4 rings (SSSR count). The maximum atomic E-state index is 13.0. The largest absolute Gasteiger partial charge is 0.416 e. The van der Waals surface area contributed by atoms with Crippen molar-refractivity contribution in [2.45, 2.75) is 50.6 Å². The molecule has 2 aromatic rings. The van der Waals surface area contributed by atoms with E-state index >= 15 is 0 Å². The van der Waals surface area contributed by atoms with Crippen LogP contribution in [0.3, 0.4) is 0 Å². The molecule has 0 aliphatic carbocycles. The molecule has 8 heteroatoms. The summed E-state index contributed by atoms with van der Waals surface area (Å²) in [7, 11) is -1.67. The van der Waals surface area contributed by atoms with Gasteiger partial charge in [0.1, 0.15) is 0 Å². The van der Waals surface area contributed by atoms with Crippen LogP contribution in [0, 0.1) is 5.92 Å². The molecule has 2 aliphatic heterocycles. The fraction of sp³-hybridized carbons (Fsp3) is 0.500. The maximum Gasteiger partial charge on any atom is 0.416 e. The number of piperidine rings is 1. The van der Waals surface area contributed by atoms with Gasteiger partial charge >= 0.3 is 6.18 Å². The molecule has 176 valence electrons. The van der Waals surface area contributed by atoms with Gasteiger partial charge in [-0.1, -0.05) is 26.3 Å². The minimum absolute atomic E-state index is 0.167. The number of benzene rings is 2. The van der Waals surface area contributed by atoms with Crippen molar-refractivity contribution in [3.8, 4) is 0 Å². The van der Waals surface area contributed by atoms with Gasteiger partial charge in [-0.05, 0) is 80.2 Å². The summed E-state index contributed by atoms with van der Waals surface area (Å²) in [5, 5.41) is 6.86. The highest BCUT2D eigenvalue weighted by molar-refractivity contribution is 7.86. The van der Waals surface area contributed by atoms with E-state index < -0.39 is 22.7 Å². The van der Waals surface area contributed by atoms with Crippen LogP contribution in [0.15, 0.2) is 47.4 Å². The van der Waals surface area contributed by atoms with Crippen molar-refractivity contribution in [1.29, 1.82) is 0 Å². The minimum atomic E-state index is -4.45. The normalized spacial score (nSPS) is 17.3. The number of anilines is 2. The molecule has 0 spiro atoms. The van der Waals surface area contributed by atoms with Gasteiger partial charge in [-0.15, -0.1) is 0 Å². The fourth-order valence-corrected chi connectivity index (χ4v) is 5.20. The summed E-state index contributed by atoms with van der Waals surface area (Å²) < 4.78 is 53.6. The van der Waals surface area contributed by atoms with Gasteiger partial charge < -0.3 is 10.6 Å². The zero-order valence-corrected chi connectivity index (χ0v) is 19.5. The van der Waals surface area contributed by atoms with Crippen molar-refractivity contribution in [1.82, 2.24) is 5.32 Å². The van der Waals surface area contributed by atoms with E-state index in [2.05, 4.69) is 30.5 Å². The molecule has 1 atom stereocenters. The number of halogens is 3. The number of nitrogens with one attached hydrogen (secondary N) is 2. The van der Waals surface area contributed by atoms with Crippen LogP contribution in [0.1, 0.15) is 44.2 Å². The third kappa shape index (κ3) is 6.25. The summed E-state index contributed by atoms with van der Waals surface area (Å²) in [5.41, 5.74) is 2.16. The average molecular weight is 468 g/mol. The Morgan fingerprint density at radius 3 is 2.53 bits per heavy atom. The Labute approximate surface area is 191 Å². The first-order valence-electron chi connectivity index (χ1n) is 11.3. The number of fused-ring (bicyclic) bond motifs is 1. The van der Waals surface area contributed by atoms with E-state index in [-0.39, 0.29) is 4.90 Å². The van der Waals surface area contributed by atoms with Crippen LogP contribution in [0.4, 0.5) is 24.5 Å². The van der Waals surface area contributed by atoms with Crippen LogP contribution < -0.4 is 14.9 Å². The van der Waals surface area contributed by atoms with Gasteiger partial charge in [0, 0.05) is 18.8 Å². The Balaban J connectivity index is 0.000000913. The van der Waals surface area contributed by atoms with Crippen LogP contribution in [-0.2, 0) is 23.6 Å². The van der Waals surface area contributed by atoms with Gasteiger partial charge in [0.15, 0.2) is 11.0 Å². The number of nitrogens with zero attached hydrogens (tertiary/aromatic N) is 1. The van der Waals surface area contributed by atoms with E-state index in [1.165, 1.54) is 31.4 Å². The molecule has 0 radical (unpaired) electrons. The van der Waals surface area contributed by atoms with E-state index in [1.54, 1.807) is 4.31 Å². The van der Waals surface area contributed by atoms with Gasteiger partial charge in [0.25, 0.3) is 0 Å². The van der Waals surface area contributed by atoms with Crippen LogP contribution in [0.25, 0.3) is 0 Å². The Bertz CT molecular complexity index is 914. The lowest BCUT2D eigenvalue weighted by molar-refractivity contribution is -0.137. The molecule has 0 saturated carbocycles. The topological polar surface area (TPSA) is 44.4 Å². The molecule has 2 heterocycles. The highest BCUT2D eigenvalue weighted by atomic mass is 32.2. The summed E-state index contributed by atoms with van der Waals surface area (Å²) in [6, 6.07) is 10.7. The summed E-state index contributed by atoms with van der Waals surface area (Å²) in [6.07, 6.45) is -0.135. The molecule has 1 saturated heterocycles. The fourth-order valence-electron chi connectivity index (χ4n) is 3.91. The van der Waals surface area contributed by atoms with E-state index in [0.717, 1.165) is 55.1 Å². The van der Waals surface area contributed by atoms with Crippen molar-refractivity contribution in [2.75, 3.05) is 35.8 Å². The standard InChI is InChI=1S/C21H24F3N3OS.C3H8/c22-21(23,24)17-2-1-3-19(13-17)29(28)27-11-8-16-12-18(4-5-20(16)27)26-14-15-6-9-25-10-7-15;1-3-2/h1-5,12-13,15,25-26H,6-11,14H2;3H2,1-2H3. The molecule has 1 unspecified atom stereocenters.